The molecule has 5 rings (SSSR count). The second-order valence-corrected chi connectivity index (χ2v) is 7.74. The molecule has 30 heavy (non-hydrogen) atoms. The number of hydrogen-bond donors (Lipinski definition) is 1. The van der Waals surface area contributed by atoms with Crippen molar-refractivity contribution < 1.29 is 14.7 Å². The standard InChI is InChI=1S/C22H16N4O3S/c1-13-17(25-11-6-5-9-15(25)24-13)19(27)16-18(14-7-3-2-4-8-14)26(21(29)20(16)28)22-23-10-12-30-22/h2-12,18,27H,1H3/b19-16+. The van der Waals surface area contributed by atoms with Crippen LogP contribution in [0.4, 0.5) is 5.13 Å². The lowest BCUT2D eigenvalue weighted by molar-refractivity contribution is -0.132. The third-order valence-electron chi connectivity index (χ3n) is 5.11. The summed E-state index contributed by atoms with van der Waals surface area (Å²) in [6.07, 6.45) is 3.34. The molecule has 4 aromatic rings. The maximum absolute atomic E-state index is 13.1. The second kappa shape index (κ2) is 6.93. The Morgan fingerprint density at radius 2 is 1.87 bits per heavy atom. The number of carbonyl (C=O) groups excluding carboxylic acids is 2. The smallest absolute Gasteiger partial charge is 0.301 e. The number of pyridine rings is 1. The number of thiazole rings is 1. The van der Waals surface area contributed by atoms with Crippen LogP contribution in [0.3, 0.4) is 0 Å². The molecule has 1 aliphatic rings. The third-order valence-corrected chi connectivity index (χ3v) is 5.88. The predicted molar refractivity (Wildman–Crippen MR) is 113 cm³/mol. The van der Waals surface area contributed by atoms with Gasteiger partial charge >= 0.3 is 5.91 Å². The molecule has 1 amide bonds. The molecule has 1 saturated heterocycles. The molecule has 1 N–H and O–H groups in total. The van der Waals surface area contributed by atoms with E-state index in [9.17, 15) is 14.7 Å². The summed E-state index contributed by atoms with van der Waals surface area (Å²) in [4.78, 5) is 36.2. The fourth-order valence-electron chi connectivity index (χ4n) is 3.84. The van der Waals surface area contributed by atoms with Crippen molar-refractivity contribution in [1.82, 2.24) is 14.4 Å². The van der Waals surface area contributed by atoms with Crippen LogP contribution in [-0.4, -0.2) is 31.2 Å². The number of nitrogens with zero attached hydrogens (tertiary/aromatic N) is 4. The quantitative estimate of drug-likeness (QED) is 0.312. The number of aromatic nitrogens is 3. The van der Waals surface area contributed by atoms with E-state index in [4.69, 9.17) is 0 Å². The number of fused-ring (bicyclic) bond motifs is 1. The number of benzene rings is 1. The summed E-state index contributed by atoms with van der Waals surface area (Å²) in [5.41, 5.74) is 2.33. The van der Waals surface area contributed by atoms with E-state index >= 15 is 0 Å². The number of rotatable bonds is 3. The van der Waals surface area contributed by atoms with Crippen LogP contribution in [0.15, 0.2) is 71.9 Å². The van der Waals surface area contributed by atoms with Gasteiger partial charge in [0.25, 0.3) is 5.78 Å². The van der Waals surface area contributed by atoms with Gasteiger partial charge in [0, 0.05) is 17.8 Å². The fourth-order valence-corrected chi connectivity index (χ4v) is 4.51. The first-order valence-corrected chi connectivity index (χ1v) is 10.2. The fraction of sp³-hybridized carbons (Fsp3) is 0.0909. The molecule has 148 valence electrons. The summed E-state index contributed by atoms with van der Waals surface area (Å²) >= 11 is 1.26. The van der Waals surface area contributed by atoms with Crippen LogP contribution in [0.2, 0.25) is 0 Å². The van der Waals surface area contributed by atoms with Crippen molar-refractivity contribution in [3.63, 3.8) is 0 Å². The van der Waals surface area contributed by atoms with Crippen LogP contribution in [0.1, 0.15) is 23.0 Å². The van der Waals surface area contributed by atoms with Gasteiger partial charge in [0.15, 0.2) is 10.9 Å². The van der Waals surface area contributed by atoms with Crippen LogP contribution >= 0.6 is 11.3 Å². The van der Waals surface area contributed by atoms with Gasteiger partial charge in [-0.05, 0) is 24.6 Å². The lowest BCUT2D eigenvalue weighted by Gasteiger charge is -2.22. The molecule has 0 aliphatic carbocycles. The number of anilines is 1. The van der Waals surface area contributed by atoms with Gasteiger partial charge in [-0.1, -0.05) is 36.4 Å². The topological polar surface area (TPSA) is 87.8 Å². The normalized spacial score (nSPS) is 18.4. The Morgan fingerprint density at radius 3 is 2.60 bits per heavy atom. The van der Waals surface area contributed by atoms with Gasteiger partial charge in [0.2, 0.25) is 0 Å². The molecule has 1 fully saturated rings. The van der Waals surface area contributed by atoms with E-state index in [1.165, 1.54) is 16.2 Å². The van der Waals surface area contributed by atoms with Crippen LogP contribution in [0, 0.1) is 6.92 Å². The van der Waals surface area contributed by atoms with Crippen molar-refractivity contribution in [2.75, 3.05) is 4.90 Å². The lowest BCUT2D eigenvalue weighted by atomic mass is 9.96. The second-order valence-electron chi connectivity index (χ2n) is 6.87. The van der Waals surface area contributed by atoms with Gasteiger partial charge in [-0.15, -0.1) is 11.3 Å². The summed E-state index contributed by atoms with van der Waals surface area (Å²) in [6, 6.07) is 13.8. The first-order valence-electron chi connectivity index (χ1n) is 9.27. The Balaban J connectivity index is 1.79. The van der Waals surface area contributed by atoms with Gasteiger partial charge in [-0.2, -0.15) is 0 Å². The summed E-state index contributed by atoms with van der Waals surface area (Å²) in [5.74, 6) is -1.72. The Bertz CT molecular complexity index is 1310. The molecular formula is C22H16N4O3S. The first-order chi connectivity index (χ1) is 14.6. The van der Waals surface area contributed by atoms with Crippen LogP contribution in [0.5, 0.6) is 0 Å². The third kappa shape index (κ3) is 2.65. The Kier molecular flexibility index (Phi) is 4.22. The molecule has 0 spiro atoms. The Morgan fingerprint density at radius 1 is 1.10 bits per heavy atom. The highest BCUT2D eigenvalue weighted by atomic mass is 32.1. The number of aliphatic hydroxyl groups is 1. The van der Waals surface area contributed by atoms with Crippen molar-refractivity contribution in [2.45, 2.75) is 13.0 Å². The van der Waals surface area contributed by atoms with Gasteiger partial charge in [0.1, 0.15) is 11.3 Å². The van der Waals surface area contributed by atoms with Crippen LogP contribution in [-0.2, 0) is 9.59 Å². The molecule has 0 saturated carbocycles. The molecule has 1 unspecified atom stereocenters. The summed E-state index contributed by atoms with van der Waals surface area (Å²) < 4.78 is 1.71. The van der Waals surface area contributed by atoms with E-state index in [1.807, 2.05) is 48.5 Å². The number of aliphatic hydroxyl groups excluding tert-OH is 1. The number of amides is 1. The molecule has 8 heteroatoms. The molecule has 0 radical (unpaired) electrons. The highest BCUT2D eigenvalue weighted by Gasteiger charge is 2.48. The molecule has 4 heterocycles. The zero-order valence-corrected chi connectivity index (χ0v) is 16.7. The Labute approximate surface area is 175 Å². The molecule has 1 atom stereocenters. The number of imidazole rings is 1. The number of ketones is 1. The number of hydrogen-bond acceptors (Lipinski definition) is 6. The first kappa shape index (κ1) is 18.3. The van der Waals surface area contributed by atoms with Gasteiger partial charge in [-0.25, -0.2) is 9.97 Å². The van der Waals surface area contributed by atoms with Crippen molar-refractivity contribution in [3.05, 3.63) is 88.8 Å². The zero-order valence-electron chi connectivity index (χ0n) is 15.9. The molecular weight excluding hydrogens is 400 g/mol. The van der Waals surface area contributed by atoms with E-state index < -0.39 is 17.7 Å². The highest BCUT2D eigenvalue weighted by molar-refractivity contribution is 7.14. The average molecular weight is 416 g/mol. The van der Waals surface area contributed by atoms with Gasteiger partial charge in [-0.3, -0.25) is 18.9 Å². The largest absolute Gasteiger partial charge is 0.505 e. The molecule has 7 nitrogen and oxygen atoms in total. The van der Waals surface area contributed by atoms with Crippen LogP contribution < -0.4 is 4.90 Å². The van der Waals surface area contributed by atoms with E-state index in [0.29, 0.717) is 27.7 Å². The summed E-state index contributed by atoms with van der Waals surface area (Å²) in [5, 5.41) is 13.5. The zero-order chi connectivity index (χ0) is 20.8. The van der Waals surface area contributed by atoms with E-state index in [1.54, 1.807) is 29.1 Å². The van der Waals surface area contributed by atoms with Crippen molar-refractivity contribution in [3.8, 4) is 0 Å². The van der Waals surface area contributed by atoms with Gasteiger partial charge in [0.05, 0.1) is 17.3 Å². The molecule has 3 aromatic heterocycles. The van der Waals surface area contributed by atoms with Crippen molar-refractivity contribution >= 4 is 39.6 Å². The molecule has 0 bridgehead atoms. The van der Waals surface area contributed by atoms with E-state index in [0.717, 1.165) is 0 Å². The maximum Gasteiger partial charge on any atom is 0.301 e. The minimum Gasteiger partial charge on any atom is -0.505 e. The highest BCUT2D eigenvalue weighted by Crippen LogP contribution is 2.42. The minimum atomic E-state index is -0.786. The average Bonchev–Trinajstić information content (AvgIpc) is 3.45. The number of aryl methyl sites for hydroxylation is 1. The van der Waals surface area contributed by atoms with E-state index in [2.05, 4.69) is 9.97 Å². The number of Topliss-reactive ketones (excluding diaryl/α,β-unsaturated/α-hetero) is 1. The predicted octanol–water partition coefficient (Wildman–Crippen LogP) is 3.73. The Hall–Kier alpha value is -3.78. The van der Waals surface area contributed by atoms with E-state index in [-0.39, 0.29) is 11.3 Å². The lowest BCUT2D eigenvalue weighted by Crippen LogP contribution is -2.29. The maximum atomic E-state index is 13.1. The summed E-state index contributed by atoms with van der Waals surface area (Å²) in [7, 11) is 0. The minimum absolute atomic E-state index is 0.0233. The molecule has 1 aromatic carbocycles. The summed E-state index contributed by atoms with van der Waals surface area (Å²) in [6.45, 7) is 1.76. The van der Waals surface area contributed by atoms with Crippen LogP contribution in [0.25, 0.3) is 11.4 Å². The van der Waals surface area contributed by atoms with Crippen molar-refractivity contribution in [2.24, 2.45) is 0 Å². The number of carbonyl (C=O) groups is 2. The SMILES string of the molecule is Cc1nc2ccccn2c1/C(O)=C1\C(=O)C(=O)N(c2nccs2)C1c1ccccc1. The van der Waals surface area contributed by atoms with Crippen molar-refractivity contribution in [1.29, 1.82) is 0 Å². The van der Waals surface area contributed by atoms with Gasteiger partial charge < -0.3 is 5.11 Å². The monoisotopic (exact) mass is 416 g/mol. The molecule has 1 aliphatic heterocycles.